The summed E-state index contributed by atoms with van der Waals surface area (Å²) in [5, 5.41) is 8.92. The number of aromatic nitrogens is 2. The molecule has 0 saturated carbocycles. The van der Waals surface area contributed by atoms with E-state index in [-0.39, 0.29) is 5.41 Å². The highest BCUT2D eigenvalue weighted by atomic mass is 35.5. The van der Waals surface area contributed by atoms with E-state index in [1.165, 1.54) is 12.1 Å². The van der Waals surface area contributed by atoms with E-state index in [0.29, 0.717) is 5.92 Å². The highest BCUT2D eigenvalue weighted by Gasteiger charge is 2.27. The van der Waals surface area contributed by atoms with Gasteiger partial charge in [-0.3, -0.25) is 4.68 Å². The topological polar surface area (TPSA) is 29.9 Å². The van der Waals surface area contributed by atoms with E-state index < -0.39 is 0 Å². The Kier molecular flexibility index (Phi) is 6.53. The number of rotatable bonds is 7. The maximum absolute atomic E-state index is 6.44. The lowest BCUT2D eigenvalue weighted by Crippen LogP contribution is -2.34. The van der Waals surface area contributed by atoms with Gasteiger partial charge in [0.2, 0.25) is 0 Å². The Morgan fingerprint density at radius 3 is 2.45 bits per heavy atom. The molecule has 0 spiro atoms. The van der Waals surface area contributed by atoms with E-state index in [0.717, 1.165) is 36.8 Å². The van der Waals surface area contributed by atoms with Crippen molar-refractivity contribution in [3.63, 3.8) is 0 Å². The molecule has 4 heteroatoms. The van der Waals surface area contributed by atoms with E-state index in [1.807, 2.05) is 6.92 Å². The molecular weight excluding hydrogens is 270 g/mol. The van der Waals surface area contributed by atoms with E-state index >= 15 is 0 Å². The summed E-state index contributed by atoms with van der Waals surface area (Å²) in [7, 11) is 0. The van der Waals surface area contributed by atoms with Crippen molar-refractivity contribution in [2.45, 2.75) is 60.9 Å². The van der Waals surface area contributed by atoms with Crippen LogP contribution in [-0.2, 0) is 13.0 Å². The van der Waals surface area contributed by atoms with Crippen LogP contribution in [0.4, 0.5) is 0 Å². The second-order valence-electron chi connectivity index (χ2n) is 6.63. The molecule has 1 aromatic rings. The third kappa shape index (κ3) is 4.49. The Balaban J connectivity index is 2.89. The van der Waals surface area contributed by atoms with Crippen LogP contribution in [0, 0.1) is 18.3 Å². The molecule has 116 valence electrons. The number of hydrogen-bond acceptors (Lipinski definition) is 2. The molecule has 20 heavy (non-hydrogen) atoms. The minimum Gasteiger partial charge on any atom is -0.316 e. The van der Waals surface area contributed by atoms with E-state index in [1.54, 1.807) is 0 Å². The first-order valence-corrected chi connectivity index (χ1v) is 8.11. The normalized spacial score (nSPS) is 13.8. The minimum atomic E-state index is 0.251. The maximum atomic E-state index is 6.44. The van der Waals surface area contributed by atoms with Crippen LogP contribution in [0.5, 0.6) is 0 Å². The van der Waals surface area contributed by atoms with Crippen molar-refractivity contribution in [2.75, 3.05) is 13.1 Å². The Labute approximate surface area is 129 Å². The highest BCUT2D eigenvalue weighted by molar-refractivity contribution is 6.31. The molecule has 1 rings (SSSR count). The molecule has 3 nitrogen and oxygen atoms in total. The molecular formula is C16H30ClN3. The maximum Gasteiger partial charge on any atom is 0.0847 e. The fourth-order valence-corrected chi connectivity index (χ4v) is 2.65. The molecule has 1 unspecified atom stereocenters. The van der Waals surface area contributed by atoms with Gasteiger partial charge >= 0.3 is 0 Å². The summed E-state index contributed by atoms with van der Waals surface area (Å²) in [6, 6.07) is 0. The zero-order valence-corrected chi connectivity index (χ0v) is 14.6. The largest absolute Gasteiger partial charge is 0.316 e. The Hall–Kier alpha value is -0.540. The molecule has 0 saturated heterocycles. The summed E-state index contributed by atoms with van der Waals surface area (Å²) < 4.78 is 2.05. The van der Waals surface area contributed by atoms with Gasteiger partial charge in [-0.15, -0.1) is 0 Å². The van der Waals surface area contributed by atoms with Crippen LogP contribution >= 0.6 is 11.6 Å². The molecule has 0 aromatic carbocycles. The second-order valence-corrected chi connectivity index (χ2v) is 7.01. The summed E-state index contributed by atoms with van der Waals surface area (Å²) in [4.78, 5) is 0. The lowest BCUT2D eigenvalue weighted by Gasteiger charge is -2.31. The summed E-state index contributed by atoms with van der Waals surface area (Å²) in [5.41, 5.74) is 2.38. The Morgan fingerprint density at radius 2 is 1.95 bits per heavy atom. The van der Waals surface area contributed by atoms with Gasteiger partial charge in [0.15, 0.2) is 0 Å². The third-order valence-electron chi connectivity index (χ3n) is 3.93. The number of hydrogen-bond donors (Lipinski definition) is 1. The van der Waals surface area contributed by atoms with Gasteiger partial charge in [0.25, 0.3) is 0 Å². The van der Waals surface area contributed by atoms with Crippen molar-refractivity contribution in [1.29, 1.82) is 0 Å². The van der Waals surface area contributed by atoms with Gasteiger partial charge < -0.3 is 5.32 Å². The predicted molar refractivity (Wildman–Crippen MR) is 87.5 cm³/mol. The van der Waals surface area contributed by atoms with Crippen LogP contribution in [-0.4, -0.2) is 22.9 Å². The van der Waals surface area contributed by atoms with Gasteiger partial charge in [-0.05, 0) is 51.1 Å². The number of nitrogens with one attached hydrogen (secondary N) is 1. The summed E-state index contributed by atoms with van der Waals surface area (Å²) in [6.45, 7) is 16.2. The minimum absolute atomic E-state index is 0.251. The van der Waals surface area contributed by atoms with Crippen LogP contribution in [0.15, 0.2) is 0 Å². The monoisotopic (exact) mass is 299 g/mol. The molecule has 0 aliphatic rings. The van der Waals surface area contributed by atoms with Crippen LogP contribution in [0.1, 0.15) is 52.4 Å². The third-order valence-corrected chi connectivity index (χ3v) is 4.43. The zero-order chi connectivity index (χ0) is 15.3. The fourth-order valence-electron chi connectivity index (χ4n) is 2.44. The second kappa shape index (κ2) is 7.46. The first-order chi connectivity index (χ1) is 9.31. The first kappa shape index (κ1) is 17.5. The van der Waals surface area contributed by atoms with Gasteiger partial charge in [-0.25, -0.2) is 0 Å². The van der Waals surface area contributed by atoms with Gasteiger partial charge in [0.1, 0.15) is 0 Å². The van der Waals surface area contributed by atoms with Crippen LogP contribution in [0.25, 0.3) is 0 Å². The average molecular weight is 300 g/mol. The van der Waals surface area contributed by atoms with E-state index in [9.17, 15) is 0 Å². The standard InChI is InChI=1S/C16H30ClN3/c1-7-9-18-11-13(16(4,5)6)10-14-15(17)12(3)19-20(14)8-2/h13,18H,7-11H2,1-6H3. The highest BCUT2D eigenvalue weighted by Crippen LogP contribution is 2.31. The first-order valence-electron chi connectivity index (χ1n) is 7.73. The van der Waals surface area contributed by atoms with Crippen molar-refractivity contribution < 1.29 is 0 Å². The molecule has 1 N–H and O–H groups in total. The molecule has 0 bridgehead atoms. The molecule has 0 radical (unpaired) electrons. The van der Waals surface area contributed by atoms with Crippen molar-refractivity contribution in [3.8, 4) is 0 Å². The van der Waals surface area contributed by atoms with Crippen LogP contribution in [0.3, 0.4) is 0 Å². The molecule has 1 aromatic heterocycles. The molecule has 0 aliphatic heterocycles. The smallest absolute Gasteiger partial charge is 0.0847 e. The molecule has 0 aliphatic carbocycles. The van der Waals surface area contributed by atoms with Crippen molar-refractivity contribution in [3.05, 3.63) is 16.4 Å². The average Bonchev–Trinajstić information content (AvgIpc) is 2.64. The quantitative estimate of drug-likeness (QED) is 0.769. The van der Waals surface area contributed by atoms with E-state index in [4.69, 9.17) is 11.6 Å². The molecule has 0 fully saturated rings. The summed E-state index contributed by atoms with van der Waals surface area (Å²) in [6.07, 6.45) is 2.15. The van der Waals surface area contributed by atoms with Crippen LogP contribution < -0.4 is 5.32 Å². The SMILES string of the molecule is CCCNCC(Cc1c(Cl)c(C)nn1CC)C(C)(C)C. The van der Waals surface area contributed by atoms with Crippen molar-refractivity contribution in [2.24, 2.45) is 11.3 Å². The lowest BCUT2D eigenvalue weighted by atomic mass is 9.78. The Bertz CT molecular complexity index is 418. The van der Waals surface area contributed by atoms with E-state index in [2.05, 4.69) is 49.7 Å². The van der Waals surface area contributed by atoms with Crippen molar-refractivity contribution in [1.82, 2.24) is 15.1 Å². The zero-order valence-electron chi connectivity index (χ0n) is 13.9. The predicted octanol–water partition coefficient (Wildman–Crippen LogP) is 4.07. The number of aryl methyl sites for hydroxylation is 2. The van der Waals surface area contributed by atoms with Gasteiger partial charge in [0, 0.05) is 6.54 Å². The molecule has 0 amide bonds. The summed E-state index contributed by atoms with van der Waals surface area (Å²) in [5.74, 6) is 0.549. The van der Waals surface area contributed by atoms with Gasteiger partial charge in [-0.2, -0.15) is 5.10 Å². The number of nitrogens with zero attached hydrogens (tertiary/aromatic N) is 2. The molecule has 1 heterocycles. The fraction of sp³-hybridized carbons (Fsp3) is 0.812. The molecule has 1 atom stereocenters. The number of halogens is 1. The van der Waals surface area contributed by atoms with Crippen LogP contribution in [0.2, 0.25) is 5.02 Å². The van der Waals surface area contributed by atoms with Crippen molar-refractivity contribution >= 4 is 11.6 Å². The lowest BCUT2D eigenvalue weighted by molar-refractivity contribution is 0.227. The Morgan fingerprint density at radius 1 is 1.30 bits per heavy atom. The summed E-state index contributed by atoms with van der Waals surface area (Å²) >= 11 is 6.44. The van der Waals surface area contributed by atoms with Gasteiger partial charge in [-0.1, -0.05) is 39.3 Å². The van der Waals surface area contributed by atoms with Gasteiger partial charge in [0.05, 0.1) is 16.4 Å².